The molecule has 6 nitrogen and oxygen atoms in total. The summed E-state index contributed by atoms with van der Waals surface area (Å²) in [5.41, 5.74) is 0. The van der Waals surface area contributed by atoms with E-state index in [1.54, 1.807) is 0 Å². The predicted octanol–water partition coefficient (Wildman–Crippen LogP) is 16.9. The van der Waals surface area contributed by atoms with Crippen molar-refractivity contribution in [3.63, 3.8) is 0 Å². The summed E-state index contributed by atoms with van der Waals surface area (Å²) >= 11 is 0. The number of aliphatic hydroxyl groups excluding tert-OH is 2. The highest BCUT2D eigenvalue weighted by atomic mass is 16.5. The Labute approximate surface area is 387 Å². The van der Waals surface area contributed by atoms with Crippen molar-refractivity contribution in [2.24, 2.45) is 0 Å². The summed E-state index contributed by atoms with van der Waals surface area (Å²) in [6.07, 6.45) is 60.5. The average Bonchev–Trinajstić information content (AvgIpc) is 3.27. The summed E-state index contributed by atoms with van der Waals surface area (Å²) in [5.74, 6) is -0.0913. The van der Waals surface area contributed by atoms with Gasteiger partial charge in [-0.15, -0.1) is 0 Å². The van der Waals surface area contributed by atoms with Crippen LogP contribution in [-0.4, -0.2) is 47.4 Å². The lowest BCUT2D eigenvalue weighted by molar-refractivity contribution is -0.143. The van der Waals surface area contributed by atoms with Crippen LogP contribution in [0, 0.1) is 0 Å². The van der Waals surface area contributed by atoms with Crippen molar-refractivity contribution in [2.75, 3.05) is 13.2 Å². The maximum atomic E-state index is 12.5. The van der Waals surface area contributed by atoms with Gasteiger partial charge in [0.15, 0.2) is 0 Å². The summed E-state index contributed by atoms with van der Waals surface area (Å²) in [5, 5.41) is 23.3. The van der Waals surface area contributed by atoms with E-state index in [2.05, 4.69) is 31.3 Å². The van der Waals surface area contributed by atoms with Crippen molar-refractivity contribution < 1.29 is 24.5 Å². The highest BCUT2D eigenvalue weighted by molar-refractivity contribution is 5.76. The molecule has 0 heterocycles. The minimum Gasteiger partial charge on any atom is -0.466 e. The number of ether oxygens (including phenoxy) is 1. The van der Waals surface area contributed by atoms with E-state index in [1.807, 2.05) is 0 Å². The topological polar surface area (TPSA) is 95.9 Å². The van der Waals surface area contributed by atoms with Gasteiger partial charge < -0.3 is 20.3 Å². The lowest BCUT2D eigenvalue weighted by Gasteiger charge is -2.22. The third kappa shape index (κ3) is 48.1. The zero-order valence-corrected chi connectivity index (χ0v) is 41.9. The van der Waals surface area contributed by atoms with Crippen molar-refractivity contribution in [1.82, 2.24) is 5.32 Å². The monoisotopic (exact) mass is 876 g/mol. The minimum absolute atomic E-state index is 0.0313. The zero-order chi connectivity index (χ0) is 45.1. The van der Waals surface area contributed by atoms with Crippen LogP contribution >= 0.6 is 0 Å². The quantitative estimate of drug-likeness (QED) is 0.0321. The van der Waals surface area contributed by atoms with Gasteiger partial charge in [-0.1, -0.05) is 257 Å². The van der Waals surface area contributed by atoms with Crippen LogP contribution in [0.2, 0.25) is 0 Å². The van der Waals surface area contributed by atoms with Crippen molar-refractivity contribution >= 4 is 11.9 Å². The molecule has 368 valence electrons. The molecule has 2 atom stereocenters. The normalized spacial score (nSPS) is 12.6. The second kappa shape index (κ2) is 52.2. The van der Waals surface area contributed by atoms with Crippen LogP contribution in [0.15, 0.2) is 12.2 Å². The number of carbonyl (C=O) groups excluding carboxylic acids is 2. The number of amides is 1. The first-order valence-electron chi connectivity index (χ1n) is 27.9. The Balaban J connectivity index is 3.48. The molecule has 62 heavy (non-hydrogen) atoms. The van der Waals surface area contributed by atoms with Crippen molar-refractivity contribution in [2.45, 2.75) is 321 Å². The summed E-state index contributed by atoms with van der Waals surface area (Å²) in [6.45, 7) is 4.90. The molecule has 0 aromatic carbocycles. The Bertz CT molecular complexity index is 924. The molecular formula is C56H109NO5. The molecule has 0 rings (SSSR count). The SMILES string of the molecule is CCCCCCCCC/C=C\CCCCCCCC(=O)OCCCCCCCCCCCC(=O)NC(CO)C(O)CCCCCCCCCCCCCCCCCCCCCC. The van der Waals surface area contributed by atoms with Gasteiger partial charge in [-0.2, -0.15) is 0 Å². The van der Waals surface area contributed by atoms with E-state index in [-0.39, 0.29) is 18.5 Å². The molecule has 3 N–H and O–H groups in total. The number of rotatable bonds is 52. The largest absolute Gasteiger partial charge is 0.466 e. The molecule has 0 saturated carbocycles. The van der Waals surface area contributed by atoms with E-state index < -0.39 is 12.1 Å². The standard InChI is InChI=1S/C56H109NO5/c1-3-5-7-9-11-13-15-17-19-21-22-23-24-25-27-29-32-36-40-44-48-54(59)53(52-58)57-55(60)49-45-41-37-33-31-35-39-43-47-51-62-56(61)50-46-42-38-34-30-28-26-20-18-16-14-12-10-8-6-4-2/h20,26,53-54,58-59H,3-19,21-25,27-52H2,1-2H3,(H,57,60)/b26-20-. The molecule has 0 saturated heterocycles. The summed E-state index contributed by atoms with van der Waals surface area (Å²) in [4.78, 5) is 24.5. The minimum atomic E-state index is -0.682. The Hall–Kier alpha value is -1.40. The first-order valence-corrected chi connectivity index (χ1v) is 27.9. The van der Waals surface area contributed by atoms with Crippen molar-refractivity contribution in [1.29, 1.82) is 0 Å². The summed E-state index contributed by atoms with van der Waals surface area (Å²) < 4.78 is 5.46. The zero-order valence-electron chi connectivity index (χ0n) is 41.9. The molecule has 0 bridgehead atoms. The van der Waals surface area contributed by atoms with Crippen LogP contribution in [0.5, 0.6) is 0 Å². The number of allylic oxidation sites excluding steroid dienone is 2. The molecule has 1 amide bonds. The fourth-order valence-corrected chi connectivity index (χ4v) is 8.75. The molecule has 2 unspecified atom stereocenters. The third-order valence-corrected chi connectivity index (χ3v) is 13.1. The molecule has 0 aromatic rings. The molecule has 0 aliphatic rings. The van der Waals surface area contributed by atoms with Crippen LogP contribution in [-0.2, 0) is 14.3 Å². The number of hydrogen-bond donors (Lipinski definition) is 3. The fourth-order valence-electron chi connectivity index (χ4n) is 8.75. The average molecular weight is 876 g/mol. The number of carbonyl (C=O) groups is 2. The third-order valence-electron chi connectivity index (χ3n) is 13.1. The van der Waals surface area contributed by atoms with Gasteiger partial charge in [-0.05, 0) is 51.4 Å². The van der Waals surface area contributed by atoms with E-state index in [0.29, 0.717) is 25.9 Å². The van der Waals surface area contributed by atoms with Crippen LogP contribution in [0.4, 0.5) is 0 Å². The van der Waals surface area contributed by atoms with Crippen molar-refractivity contribution in [3.8, 4) is 0 Å². The second-order valence-electron chi connectivity index (χ2n) is 19.3. The number of esters is 1. The Morgan fingerprint density at radius 2 is 0.758 bits per heavy atom. The predicted molar refractivity (Wildman–Crippen MR) is 269 cm³/mol. The molecule has 0 fully saturated rings. The smallest absolute Gasteiger partial charge is 0.305 e. The Morgan fingerprint density at radius 3 is 1.15 bits per heavy atom. The Morgan fingerprint density at radius 1 is 0.435 bits per heavy atom. The first-order chi connectivity index (χ1) is 30.5. The second-order valence-corrected chi connectivity index (χ2v) is 19.3. The lowest BCUT2D eigenvalue weighted by Crippen LogP contribution is -2.45. The van der Waals surface area contributed by atoms with Gasteiger partial charge >= 0.3 is 5.97 Å². The van der Waals surface area contributed by atoms with E-state index in [4.69, 9.17) is 4.74 Å². The fraction of sp³-hybridized carbons (Fsp3) is 0.929. The van der Waals surface area contributed by atoms with Crippen LogP contribution in [0.1, 0.15) is 309 Å². The van der Waals surface area contributed by atoms with E-state index in [1.165, 1.54) is 218 Å². The van der Waals surface area contributed by atoms with E-state index in [9.17, 15) is 19.8 Å². The first kappa shape index (κ1) is 60.6. The molecule has 6 heteroatoms. The van der Waals surface area contributed by atoms with Gasteiger partial charge in [0, 0.05) is 12.8 Å². The van der Waals surface area contributed by atoms with Gasteiger partial charge in [0.2, 0.25) is 5.91 Å². The van der Waals surface area contributed by atoms with Crippen LogP contribution in [0.3, 0.4) is 0 Å². The van der Waals surface area contributed by atoms with E-state index in [0.717, 1.165) is 57.8 Å². The van der Waals surface area contributed by atoms with Gasteiger partial charge in [-0.25, -0.2) is 0 Å². The highest BCUT2D eigenvalue weighted by Gasteiger charge is 2.20. The molecular weight excluding hydrogens is 767 g/mol. The molecule has 0 spiro atoms. The van der Waals surface area contributed by atoms with Crippen LogP contribution in [0.25, 0.3) is 0 Å². The van der Waals surface area contributed by atoms with Gasteiger partial charge in [0.05, 0.1) is 25.4 Å². The summed E-state index contributed by atoms with van der Waals surface area (Å²) in [6, 6.07) is -0.562. The maximum Gasteiger partial charge on any atom is 0.305 e. The number of aliphatic hydroxyl groups is 2. The highest BCUT2D eigenvalue weighted by Crippen LogP contribution is 2.17. The van der Waals surface area contributed by atoms with Crippen molar-refractivity contribution in [3.05, 3.63) is 12.2 Å². The lowest BCUT2D eigenvalue weighted by atomic mass is 10.0. The molecule has 0 aliphatic heterocycles. The van der Waals surface area contributed by atoms with Gasteiger partial charge in [-0.3, -0.25) is 9.59 Å². The van der Waals surface area contributed by atoms with Crippen LogP contribution < -0.4 is 5.32 Å². The summed E-state index contributed by atoms with van der Waals surface area (Å²) in [7, 11) is 0. The van der Waals surface area contributed by atoms with E-state index >= 15 is 0 Å². The number of nitrogens with one attached hydrogen (secondary N) is 1. The number of unbranched alkanes of at least 4 members (excludes halogenated alkanes) is 39. The Kier molecular flexibility index (Phi) is 51.0. The van der Waals surface area contributed by atoms with Gasteiger partial charge in [0.25, 0.3) is 0 Å². The maximum absolute atomic E-state index is 12.5. The molecule has 0 aliphatic carbocycles. The van der Waals surface area contributed by atoms with Gasteiger partial charge in [0.1, 0.15) is 0 Å². The molecule has 0 aromatic heterocycles. The number of hydrogen-bond acceptors (Lipinski definition) is 5. The molecule has 0 radical (unpaired) electrons.